The summed E-state index contributed by atoms with van der Waals surface area (Å²) in [5.74, 6) is -3.94. The first-order chi connectivity index (χ1) is 8.44. The van der Waals surface area contributed by atoms with E-state index in [0.717, 1.165) is 0 Å². The van der Waals surface area contributed by atoms with Gasteiger partial charge in [-0.3, -0.25) is 0 Å². The van der Waals surface area contributed by atoms with Crippen LogP contribution in [0.2, 0.25) is 0 Å². The molecule has 1 N–H and O–H groups in total. The van der Waals surface area contributed by atoms with Gasteiger partial charge >= 0.3 is 37.7 Å². The molecule has 0 rings (SSSR count). The van der Waals surface area contributed by atoms with Gasteiger partial charge in [0.2, 0.25) is 0 Å². The van der Waals surface area contributed by atoms with Gasteiger partial charge in [-0.2, -0.15) is 0 Å². The Hall–Kier alpha value is -0.410. The second-order valence-corrected chi connectivity index (χ2v) is 4.95. The summed E-state index contributed by atoms with van der Waals surface area (Å²) < 4.78 is 0.550. The van der Waals surface area contributed by atoms with Crippen LogP contribution in [0.3, 0.4) is 0 Å². The predicted octanol–water partition coefficient (Wildman–Crippen LogP) is -4.92. The number of carbonyl (C=O) groups is 3. The Labute approximate surface area is 147 Å². The molecule has 0 heterocycles. The molecule has 112 valence electrons. The van der Waals surface area contributed by atoms with Crippen LogP contribution in [-0.2, 0) is 14.4 Å². The van der Waals surface area contributed by atoms with Gasteiger partial charge in [-0.25, -0.2) is 0 Å². The van der Waals surface area contributed by atoms with Crippen molar-refractivity contribution >= 4 is 55.6 Å². The molecule has 0 aromatic carbocycles. The zero-order valence-electron chi connectivity index (χ0n) is 12.0. The molecule has 1 atom stereocenters. The van der Waals surface area contributed by atoms with E-state index in [-0.39, 0.29) is 44.2 Å². The number of hydrogen-bond donors (Lipinski definition) is 1. The largest absolute Gasteiger partial charge is 2.00 e. The third-order valence-electron chi connectivity index (χ3n) is 1.69. The minimum absolute atomic E-state index is 0. The molecule has 0 aromatic rings. The number of aliphatic hydroxyl groups excluding tert-OH is 1. The first-order valence-electron chi connectivity index (χ1n) is 5.52. The number of carbonyl (C=O) groups excluding carboxylic acids is 3. The average molecular weight is 317 g/mol. The molecule has 0 amide bonds. The molecule has 0 radical (unpaired) electrons. The van der Waals surface area contributed by atoms with Gasteiger partial charge in [-0.1, -0.05) is 0 Å². The van der Waals surface area contributed by atoms with E-state index >= 15 is 0 Å². The van der Waals surface area contributed by atoms with Crippen LogP contribution in [0, 0.1) is 0 Å². The molecule has 8 nitrogen and oxygen atoms in total. The predicted molar refractivity (Wildman–Crippen MR) is 63.5 cm³/mol. The van der Waals surface area contributed by atoms with Crippen LogP contribution in [0.15, 0.2) is 0 Å². The van der Waals surface area contributed by atoms with Gasteiger partial charge in [0.05, 0.1) is 21.1 Å². The Morgan fingerprint density at radius 2 is 1.30 bits per heavy atom. The summed E-state index contributed by atoms with van der Waals surface area (Å²) in [4.78, 5) is 29.0. The van der Waals surface area contributed by atoms with E-state index in [1.54, 1.807) is 0 Å². The molecule has 0 spiro atoms. The van der Waals surface area contributed by atoms with Gasteiger partial charge < -0.3 is 39.3 Å². The van der Waals surface area contributed by atoms with Crippen LogP contribution < -0.4 is 15.3 Å². The summed E-state index contributed by atoms with van der Waals surface area (Å²) in [5, 5.41) is 38.1. The number of carboxylic acid groups (broad SMARTS) is 3. The Bertz CT molecular complexity index is 300. The summed E-state index contributed by atoms with van der Waals surface area (Å²) >= 11 is 0. The molecular formula is C11H19CaNO7. The fourth-order valence-electron chi connectivity index (χ4n) is 1.09. The molecule has 9 heteroatoms. The van der Waals surface area contributed by atoms with Crippen LogP contribution in [0.5, 0.6) is 0 Å². The summed E-state index contributed by atoms with van der Waals surface area (Å²) in [6.45, 7) is 0.425. The van der Waals surface area contributed by atoms with Gasteiger partial charge in [0, 0.05) is 24.3 Å². The maximum atomic E-state index is 10.0. The van der Waals surface area contributed by atoms with Crippen molar-refractivity contribution in [1.29, 1.82) is 0 Å². The average Bonchev–Trinajstić information content (AvgIpc) is 2.10. The smallest absolute Gasteiger partial charge is 0.550 e. The molecule has 0 aliphatic carbocycles. The second-order valence-electron chi connectivity index (χ2n) is 4.95. The topological polar surface area (TPSA) is 141 Å². The van der Waals surface area contributed by atoms with Crippen molar-refractivity contribution in [2.24, 2.45) is 0 Å². The molecule has 0 aliphatic heterocycles. The van der Waals surface area contributed by atoms with Gasteiger partial charge in [-0.05, 0) is 12.8 Å². The number of quaternary nitrogens is 1. The van der Waals surface area contributed by atoms with Gasteiger partial charge in [0.15, 0.2) is 0 Å². The normalized spacial score (nSPS) is 11.4. The van der Waals surface area contributed by atoms with E-state index in [2.05, 4.69) is 0 Å². The first kappa shape index (κ1) is 24.6. The summed E-state index contributed by atoms with van der Waals surface area (Å²) in [5.41, 5.74) is 0. The maximum absolute atomic E-state index is 10.0. The van der Waals surface area contributed by atoms with Crippen LogP contribution >= 0.6 is 0 Å². The number of nitrogens with zero attached hydrogens (tertiary/aromatic N) is 1. The zero-order valence-corrected chi connectivity index (χ0v) is 14.2. The van der Waals surface area contributed by atoms with Crippen molar-refractivity contribution in [3.63, 3.8) is 0 Å². The molecule has 0 saturated carbocycles. The van der Waals surface area contributed by atoms with E-state index in [4.69, 9.17) is 5.11 Å². The number of rotatable bonds is 7. The SMILES string of the molecule is C[N+](C)(C)C[C@H](O)CC(=O)[O-].O=C([O-])CCC(=O)[O-].[Ca+2]. The summed E-state index contributed by atoms with van der Waals surface area (Å²) in [7, 11) is 5.66. The summed E-state index contributed by atoms with van der Waals surface area (Å²) in [6, 6.07) is 0. The number of hydrogen-bond acceptors (Lipinski definition) is 7. The van der Waals surface area contributed by atoms with Crippen molar-refractivity contribution in [2.75, 3.05) is 27.7 Å². The minimum Gasteiger partial charge on any atom is -0.550 e. The fraction of sp³-hybridized carbons (Fsp3) is 0.727. The van der Waals surface area contributed by atoms with Crippen LogP contribution in [0.4, 0.5) is 0 Å². The van der Waals surface area contributed by atoms with Crippen molar-refractivity contribution in [2.45, 2.75) is 25.4 Å². The number of aliphatic hydroxyl groups is 1. The van der Waals surface area contributed by atoms with E-state index in [0.29, 0.717) is 11.0 Å². The maximum Gasteiger partial charge on any atom is 2.00 e. The third kappa shape index (κ3) is 26.2. The van der Waals surface area contributed by atoms with Gasteiger partial charge in [0.25, 0.3) is 0 Å². The Balaban J connectivity index is -0.000000288. The van der Waals surface area contributed by atoms with E-state index in [9.17, 15) is 29.7 Å². The zero-order chi connectivity index (χ0) is 15.6. The van der Waals surface area contributed by atoms with Crippen molar-refractivity contribution in [3.05, 3.63) is 0 Å². The second kappa shape index (κ2) is 12.3. The Morgan fingerprint density at radius 3 is 1.50 bits per heavy atom. The molecule has 0 aliphatic rings. The molecule has 0 saturated heterocycles. The molecule has 20 heavy (non-hydrogen) atoms. The van der Waals surface area contributed by atoms with Crippen LogP contribution in [0.25, 0.3) is 0 Å². The number of carboxylic acids is 3. The first-order valence-corrected chi connectivity index (χ1v) is 5.52. The van der Waals surface area contributed by atoms with Crippen LogP contribution in [-0.4, -0.2) is 99.0 Å². The quantitative estimate of drug-likeness (QED) is 0.366. The van der Waals surface area contributed by atoms with Gasteiger partial charge in [0.1, 0.15) is 12.6 Å². The molecular weight excluding hydrogens is 298 g/mol. The van der Waals surface area contributed by atoms with E-state index < -0.39 is 36.9 Å². The van der Waals surface area contributed by atoms with Crippen LogP contribution in [0.1, 0.15) is 19.3 Å². The van der Waals surface area contributed by atoms with E-state index in [1.807, 2.05) is 21.1 Å². The van der Waals surface area contributed by atoms with Crippen molar-refractivity contribution < 1.29 is 39.3 Å². The Morgan fingerprint density at radius 1 is 0.950 bits per heavy atom. The fourth-order valence-corrected chi connectivity index (χ4v) is 1.09. The number of likely N-dealkylation sites (N-methyl/N-ethyl adjacent to an activating group) is 1. The molecule has 0 unspecified atom stereocenters. The molecule has 0 fully saturated rings. The van der Waals surface area contributed by atoms with Gasteiger partial charge in [-0.15, -0.1) is 0 Å². The van der Waals surface area contributed by atoms with Crippen molar-refractivity contribution in [1.82, 2.24) is 0 Å². The molecule has 0 bridgehead atoms. The number of aliphatic carboxylic acids is 3. The summed E-state index contributed by atoms with van der Waals surface area (Å²) in [6.07, 6.45) is -2.03. The Kier molecular flexibility index (Phi) is 15.2. The third-order valence-corrected chi connectivity index (χ3v) is 1.69. The van der Waals surface area contributed by atoms with E-state index in [1.165, 1.54) is 0 Å². The minimum atomic E-state index is -1.37. The van der Waals surface area contributed by atoms with Crippen molar-refractivity contribution in [3.8, 4) is 0 Å². The standard InChI is InChI=1S/C7H15NO3.C4H6O4.Ca/c1-8(2,3)5-6(9)4-7(10)11;5-3(6)1-2-4(7)8;/h6,9H,4-5H2,1-3H3;1-2H2,(H,5,6)(H,7,8);/q;;+2/p-2/t6-;;/m1../s1. The monoisotopic (exact) mass is 317 g/mol. The molecule has 0 aromatic heterocycles.